The molecule has 0 bridgehead atoms. The predicted octanol–water partition coefficient (Wildman–Crippen LogP) is 5.41. The zero-order valence-electron chi connectivity index (χ0n) is 11.6. The third kappa shape index (κ3) is 5.52. The monoisotopic (exact) mass is 336 g/mol. The molecule has 7 heteroatoms. The Balaban J connectivity index is 0.000000219. The van der Waals surface area contributed by atoms with Gasteiger partial charge in [0, 0.05) is 16.2 Å². The van der Waals surface area contributed by atoms with Crippen LogP contribution in [0.25, 0.3) is 0 Å². The summed E-state index contributed by atoms with van der Waals surface area (Å²) in [5.74, 6) is 0.132. The van der Waals surface area contributed by atoms with Crippen molar-refractivity contribution in [3.05, 3.63) is 57.1 Å². The fourth-order valence-corrected chi connectivity index (χ4v) is 1.79. The smallest absolute Gasteiger partial charge is 0.241 e. The number of hydrogen-bond donors (Lipinski definition) is 0. The van der Waals surface area contributed by atoms with Gasteiger partial charge < -0.3 is 0 Å². The van der Waals surface area contributed by atoms with Gasteiger partial charge in [-0.1, -0.05) is 29.3 Å². The van der Waals surface area contributed by atoms with Crippen LogP contribution >= 0.6 is 23.2 Å². The molecule has 2 aromatic rings. The molecular formula is C14H13Cl2F3N2. The maximum absolute atomic E-state index is 12.1. The van der Waals surface area contributed by atoms with Crippen LogP contribution in [0.5, 0.6) is 0 Å². The average molecular weight is 337 g/mol. The number of alkyl halides is 3. The topological polar surface area (TPSA) is 25.8 Å². The van der Waals surface area contributed by atoms with Crippen molar-refractivity contribution in [1.29, 1.82) is 0 Å². The lowest BCUT2D eigenvalue weighted by Gasteiger charge is -2.08. The highest BCUT2D eigenvalue weighted by Gasteiger charge is 2.34. The molecule has 0 aliphatic carbocycles. The number of rotatable bonds is 0. The van der Waals surface area contributed by atoms with E-state index in [0.29, 0.717) is 5.02 Å². The molecule has 0 aliphatic heterocycles. The fraction of sp³-hybridized carbons (Fsp3) is 0.286. The summed E-state index contributed by atoms with van der Waals surface area (Å²) in [6.45, 7) is 4.70. The van der Waals surface area contributed by atoms with Gasteiger partial charge >= 0.3 is 6.18 Å². The van der Waals surface area contributed by atoms with Crippen LogP contribution in [0, 0.1) is 20.8 Å². The Labute approximate surface area is 130 Å². The first-order valence-electron chi connectivity index (χ1n) is 5.90. The molecule has 0 saturated heterocycles. The lowest BCUT2D eigenvalue weighted by Crippen LogP contribution is -2.11. The van der Waals surface area contributed by atoms with Crippen LogP contribution < -0.4 is 0 Å². The number of aromatic nitrogens is 2. The highest BCUT2D eigenvalue weighted by atomic mass is 35.5. The van der Waals surface area contributed by atoms with Crippen LogP contribution in [0.3, 0.4) is 0 Å². The Kier molecular flexibility index (Phi) is 5.98. The van der Waals surface area contributed by atoms with E-state index in [2.05, 4.69) is 9.97 Å². The van der Waals surface area contributed by atoms with E-state index < -0.39 is 11.9 Å². The molecule has 2 nitrogen and oxygen atoms in total. The molecule has 0 aliphatic rings. The number of aryl methyl sites for hydroxylation is 3. The summed E-state index contributed by atoms with van der Waals surface area (Å²) in [4.78, 5) is 6.95. The van der Waals surface area contributed by atoms with E-state index in [4.69, 9.17) is 23.2 Å². The third-order valence-electron chi connectivity index (χ3n) is 2.49. The van der Waals surface area contributed by atoms with Crippen LogP contribution in [-0.2, 0) is 6.18 Å². The van der Waals surface area contributed by atoms with Gasteiger partial charge in [0.05, 0.1) is 0 Å². The van der Waals surface area contributed by atoms with Gasteiger partial charge in [0.15, 0.2) is 5.69 Å². The molecule has 21 heavy (non-hydrogen) atoms. The van der Waals surface area contributed by atoms with E-state index in [1.807, 2.05) is 19.1 Å². The zero-order valence-corrected chi connectivity index (χ0v) is 13.1. The standard InChI is InChI=1S/C7H6Cl2.C7H7F3N2/c1-5-2-3-6(8)4-7(5)9;1-4-3-11-5(2)12-6(4)7(8,9)10/h2-4H,1H3;3H,1-2H3. The summed E-state index contributed by atoms with van der Waals surface area (Å²) < 4.78 is 36.4. The van der Waals surface area contributed by atoms with Crippen molar-refractivity contribution in [1.82, 2.24) is 9.97 Å². The second-order valence-electron chi connectivity index (χ2n) is 4.34. The highest BCUT2D eigenvalue weighted by molar-refractivity contribution is 6.35. The summed E-state index contributed by atoms with van der Waals surface area (Å²) in [5.41, 5.74) is 0.254. The van der Waals surface area contributed by atoms with E-state index in [-0.39, 0.29) is 11.4 Å². The Hall–Kier alpha value is -1.33. The molecule has 0 fully saturated rings. The maximum Gasteiger partial charge on any atom is 0.433 e. The van der Waals surface area contributed by atoms with E-state index in [0.717, 1.165) is 10.6 Å². The Morgan fingerprint density at radius 1 is 1.00 bits per heavy atom. The molecule has 0 spiro atoms. The summed E-state index contributed by atoms with van der Waals surface area (Å²) in [6, 6.07) is 5.45. The minimum absolute atomic E-state index is 0.0492. The maximum atomic E-state index is 12.1. The minimum Gasteiger partial charge on any atom is -0.241 e. The van der Waals surface area contributed by atoms with Gasteiger partial charge in [-0.3, -0.25) is 0 Å². The van der Waals surface area contributed by atoms with Crippen LogP contribution in [-0.4, -0.2) is 9.97 Å². The molecule has 114 valence electrons. The molecule has 0 unspecified atom stereocenters. The van der Waals surface area contributed by atoms with Crippen LogP contribution in [0.4, 0.5) is 13.2 Å². The fourth-order valence-electron chi connectivity index (χ4n) is 1.38. The SMILES string of the molecule is Cc1ccc(Cl)cc1Cl.Cc1ncc(C)c(C(F)(F)F)n1. The molecule has 2 rings (SSSR count). The van der Waals surface area contributed by atoms with Gasteiger partial charge in [0.2, 0.25) is 0 Å². The van der Waals surface area contributed by atoms with Crippen LogP contribution in [0.15, 0.2) is 24.4 Å². The molecule has 0 N–H and O–H groups in total. The normalized spacial score (nSPS) is 10.9. The molecule has 0 atom stereocenters. The van der Waals surface area contributed by atoms with Crippen molar-refractivity contribution in [2.24, 2.45) is 0 Å². The lowest BCUT2D eigenvalue weighted by molar-refractivity contribution is -0.141. The zero-order chi connectivity index (χ0) is 16.2. The first-order chi connectivity index (χ1) is 9.61. The van der Waals surface area contributed by atoms with E-state index in [1.54, 1.807) is 6.07 Å². The van der Waals surface area contributed by atoms with Crippen LogP contribution in [0.2, 0.25) is 10.0 Å². The highest BCUT2D eigenvalue weighted by Crippen LogP contribution is 2.29. The van der Waals surface area contributed by atoms with Gasteiger partial charge in [0.1, 0.15) is 5.82 Å². The van der Waals surface area contributed by atoms with E-state index >= 15 is 0 Å². The summed E-state index contributed by atoms with van der Waals surface area (Å²) in [6.07, 6.45) is -3.21. The number of benzene rings is 1. The molecule has 0 saturated carbocycles. The average Bonchev–Trinajstić information content (AvgIpc) is 2.37. The largest absolute Gasteiger partial charge is 0.433 e. The van der Waals surface area contributed by atoms with Gasteiger partial charge in [-0.05, 0) is 44.0 Å². The van der Waals surface area contributed by atoms with Gasteiger partial charge in [-0.15, -0.1) is 0 Å². The van der Waals surface area contributed by atoms with Crippen molar-refractivity contribution in [3.8, 4) is 0 Å². The lowest BCUT2D eigenvalue weighted by atomic mass is 10.2. The van der Waals surface area contributed by atoms with E-state index in [1.165, 1.54) is 20.0 Å². The van der Waals surface area contributed by atoms with Crippen molar-refractivity contribution >= 4 is 23.2 Å². The molecule has 1 aromatic carbocycles. The molecule has 0 amide bonds. The summed E-state index contributed by atoms with van der Waals surface area (Å²) >= 11 is 11.4. The molecule has 0 radical (unpaired) electrons. The third-order valence-corrected chi connectivity index (χ3v) is 3.14. The van der Waals surface area contributed by atoms with Crippen molar-refractivity contribution in [2.75, 3.05) is 0 Å². The molecule has 1 heterocycles. The predicted molar refractivity (Wildman–Crippen MR) is 77.7 cm³/mol. The summed E-state index contributed by atoms with van der Waals surface area (Å²) in [5, 5.41) is 1.41. The summed E-state index contributed by atoms with van der Waals surface area (Å²) in [7, 11) is 0. The number of nitrogens with zero attached hydrogens (tertiary/aromatic N) is 2. The molecule has 1 aromatic heterocycles. The van der Waals surface area contributed by atoms with Gasteiger partial charge in [-0.2, -0.15) is 13.2 Å². The number of halogens is 5. The molecular weight excluding hydrogens is 324 g/mol. The van der Waals surface area contributed by atoms with Crippen molar-refractivity contribution in [3.63, 3.8) is 0 Å². The first kappa shape index (κ1) is 17.7. The second kappa shape index (κ2) is 7.09. The first-order valence-corrected chi connectivity index (χ1v) is 6.66. The van der Waals surface area contributed by atoms with Gasteiger partial charge in [-0.25, -0.2) is 9.97 Å². The van der Waals surface area contributed by atoms with Crippen LogP contribution in [0.1, 0.15) is 22.6 Å². The Bertz CT molecular complexity index is 628. The Morgan fingerprint density at radius 3 is 2.05 bits per heavy atom. The second-order valence-corrected chi connectivity index (χ2v) is 5.18. The number of hydrogen-bond acceptors (Lipinski definition) is 2. The quantitative estimate of drug-likeness (QED) is 0.642. The Morgan fingerprint density at radius 2 is 1.62 bits per heavy atom. The van der Waals surface area contributed by atoms with E-state index in [9.17, 15) is 13.2 Å². The van der Waals surface area contributed by atoms with Crippen molar-refractivity contribution in [2.45, 2.75) is 26.9 Å². The van der Waals surface area contributed by atoms with Crippen molar-refractivity contribution < 1.29 is 13.2 Å². The van der Waals surface area contributed by atoms with Gasteiger partial charge in [0.25, 0.3) is 0 Å². The minimum atomic E-state index is -4.38.